The van der Waals surface area contributed by atoms with E-state index in [-0.39, 0.29) is 0 Å². The molecule has 0 atom stereocenters. The van der Waals surface area contributed by atoms with Crippen molar-refractivity contribution in [2.75, 3.05) is 19.0 Å². The van der Waals surface area contributed by atoms with Gasteiger partial charge in [-0.1, -0.05) is 11.6 Å². The zero-order valence-electron chi connectivity index (χ0n) is 8.74. The molecule has 2 aromatic rings. The van der Waals surface area contributed by atoms with Gasteiger partial charge in [0.15, 0.2) is 5.15 Å². The van der Waals surface area contributed by atoms with Gasteiger partial charge < -0.3 is 10.6 Å². The molecular formula is C10H13ClN4. The lowest BCUT2D eigenvalue weighted by Gasteiger charge is -2.12. The first kappa shape index (κ1) is 10.3. The second kappa shape index (κ2) is 3.72. The van der Waals surface area contributed by atoms with Crippen molar-refractivity contribution in [1.29, 1.82) is 0 Å². The highest BCUT2D eigenvalue weighted by Gasteiger charge is 2.08. The second-order valence-corrected chi connectivity index (χ2v) is 3.92. The van der Waals surface area contributed by atoms with Crippen molar-refractivity contribution in [3.63, 3.8) is 0 Å². The third kappa shape index (κ3) is 1.66. The van der Waals surface area contributed by atoms with Gasteiger partial charge in [-0.15, -0.1) is 0 Å². The standard InChI is InChI=1S/C10H13ClN4/c1-14(2)7-3-4-8-10(11)13-9(5-12)15(8)6-7/h3-4,6H,5,12H2,1-2H3. The van der Waals surface area contributed by atoms with Crippen LogP contribution in [0, 0.1) is 0 Å². The van der Waals surface area contributed by atoms with Crippen LogP contribution >= 0.6 is 11.6 Å². The molecule has 0 fully saturated rings. The number of nitrogens with zero attached hydrogens (tertiary/aromatic N) is 3. The Kier molecular flexibility index (Phi) is 2.54. The van der Waals surface area contributed by atoms with E-state index in [2.05, 4.69) is 4.98 Å². The fraction of sp³-hybridized carbons (Fsp3) is 0.300. The number of hydrogen-bond donors (Lipinski definition) is 1. The summed E-state index contributed by atoms with van der Waals surface area (Å²) in [6.45, 7) is 0.380. The van der Waals surface area contributed by atoms with E-state index in [0.29, 0.717) is 11.7 Å². The summed E-state index contributed by atoms with van der Waals surface area (Å²) in [6, 6.07) is 3.95. The van der Waals surface area contributed by atoms with Crippen LogP contribution in [0.15, 0.2) is 18.3 Å². The molecule has 5 heteroatoms. The van der Waals surface area contributed by atoms with Crippen LogP contribution in [0.25, 0.3) is 5.52 Å². The molecule has 2 N–H and O–H groups in total. The fourth-order valence-corrected chi connectivity index (χ4v) is 1.76. The lowest BCUT2D eigenvalue weighted by atomic mass is 10.3. The van der Waals surface area contributed by atoms with Crippen LogP contribution in [-0.2, 0) is 6.54 Å². The molecule has 2 aromatic heterocycles. The third-order valence-electron chi connectivity index (χ3n) is 2.35. The van der Waals surface area contributed by atoms with Crippen LogP contribution in [0.3, 0.4) is 0 Å². The van der Waals surface area contributed by atoms with Gasteiger partial charge in [0.1, 0.15) is 5.82 Å². The van der Waals surface area contributed by atoms with Gasteiger partial charge in [0.2, 0.25) is 0 Å². The molecule has 0 saturated carbocycles. The molecule has 0 amide bonds. The third-order valence-corrected chi connectivity index (χ3v) is 2.63. The van der Waals surface area contributed by atoms with Crippen molar-refractivity contribution < 1.29 is 0 Å². The van der Waals surface area contributed by atoms with Crippen molar-refractivity contribution >= 4 is 22.8 Å². The number of halogens is 1. The molecule has 0 spiro atoms. The van der Waals surface area contributed by atoms with E-state index in [4.69, 9.17) is 17.3 Å². The summed E-state index contributed by atoms with van der Waals surface area (Å²) in [5, 5.41) is 0.501. The molecule has 0 aromatic carbocycles. The maximum absolute atomic E-state index is 5.99. The molecule has 0 saturated heterocycles. The number of pyridine rings is 1. The SMILES string of the molecule is CN(C)c1ccc2c(Cl)nc(CN)n2c1. The van der Waals surface area contributed by atoms with Crippen LogP contribution in [0.2, 0.25) is 5.15 Å². The Morgan fingerprint density at radius 1 is 1.47 bits per heavy atom. The number of nitrogens with two attached hydrogens (primary N) is 1. The molecule has 2 heterocycles. The monoisotopic (exact) mass is 224 g/mol. The largest absolute Gasteiger partial charge is 0.376 e. The smallest absolute Gasteiger partial charge is 0.155 e. The summed E-state index contributed by atoms with van der Waals surface area (Å²) in [5.41, 5.74) is 7.58. The van der Waals surface area contributed by atoms with Gasteiger partial charge in [0.25, 0.3) is 0 Å². The van der Waals surface area contributed by atoms with Crippen molar-refractivity contribution in [1.82, 2.24) is 9.38 Å². The van der Waals surface area contributed by atoms with Gasteiger partial charge in [-0.05, 0) is 12.1 Å². The summed E-state index contributed by atoms with van der Waals surface area (Å²) >= 11 is 5.99. The lowest BCUT2D eigenvalue weighted by Crippen LogP contribution is -2.10. The Labute approximate surface area is 93.3 Å². The van der Waals surface area contributed by atoms with Crippen molar-refractivity contribution in [2.45, 2.75) is 6.54 Å². The summed E-state index contributed by atoms with van der Waals surface area (Å²) in [4.78, 5) is 6.22. The summed E-state index contributed by atoms with van der Waals surface area (Å²) in [5.74, 6) is 0.777. The van der Waals surface area contributed by atoms with Gasteiger partial charge in [-0.25, -0.2) is 4.98 Å². The molecular weight excluding hydrogens is 212 g/mol. The minimum Gasteiger partial charge on any atom is -0.376 e. The zero-order chi connectivity index (χ0) is 11.0. The summed E-state index contributed by atoms with van der Waals surface area (Å²) in [6.07, 6.45) is 1.98. The minimum atomic E-state index is 0.380. The first-order chi connectivity index (χ1) is 7.13. The average molecular weight is 225 g/mol. The fourth-order valence-electron chi connectivity index (χ4n) is 1.50. The van der Waals surface area contributed by atoms with Gasteiger partial charge in [-0.2, -0.15) is 0 Å². The molecule has 15 heavy (non-hydrogen) atoms. The molecule has 0 aliphatic heterocycles. The Morgan fingerprint density at radius 2 is 2.20 bits per heavy atom. The van der Waals surface area contributed by atoms with Crippen LogP contribution in [0.1, 0.15) is 5.82 Å². The zero-order valence-corrected chi connectivity index (χ0v) is 9.49. The van der Waals surface area contributed by atoms with Crippen LogP contribution in [0.5, 0.6) is 0 Å². The van der Waals surface area contributed by atoms with Crippen molar-refractivity contribution in [2.24, 2.45) is 5.73 Å². The maximum atomic E-state index is 5.99. The Bertz CT molecular complexity index is 489. The predicted octanol–water partition coefficient (Wildman–Crippen LogP) is 1.51. The van der Waals surface area contributed by atoms with E-state index in [9.17, 15) is 0 Å². The van der Waals surface area contributed by atoms with E-state index < -0.39 is 0 Å². The van der Waals surface area contributed by atoms with E-state index >= 15 is 0 Å². The van der Waals surface area contributed by atoms with E-state index in [1.165, 1.54) is 0 Å². The number of imidazole rings is 1. The highest BCUT2D eigenvalue weighted by Crippen LogP contribution is 2.21. The lowest BCUT2D eigenvalue weighted by molar-refractivity contribution is 0.900. The maximum Gasteiger partial charge on any atom is 0.155 e. The molecule has 0 aliphatic carbocycles. The van der Waals surface area contributed by atoms with E-state index in [0.717, 1.165) is 17.0 Å². The summed E-state index contributed by atoms with van der Waals surface area (Å²) in [7, 11) is 3.98. The molecule has 0 unspecified atom stereocenters. The topological polar surface area (TPSA) is 46.6 Å². The first-order valence-corrected chi connectivity index (χ1v) is 5.05. The highest BCUT2D eigenvalue weighted by atomic mass is 35.5. The minimum absolute atomic E-state index is 0.380. The second-order valence-electron chi connectivity index (χ2n) is 3.56. The number of fused-ring (bicyclic) bond motifs is 1. The molecule has 0 aliphatic rings. The van der Waals surface area contributed by atoms with Crippen molar-refractivity contribution in [3.8, 4) is 0 Å². The molecule has 0 bridgehead atoms. The number of hydrogen-bond acceptors (Lipinski definition) is 3. The molecule has 2 rings (SSSR count). The number of rotatable bonds is 2. The van der Waals surface area contributed by atoms with Crippen LogP contribution in [-0.4, -0.2) is 23.5 Å². The Hall–Kier alpha value is -1.26. The normalized spacial score (nSPS) is 10.9. The molecule has 0 radical (unpaired) electrons. The Balaban J connectivity index is 2.68. The van der Waals surface area contributed by atoms with Gasteiger partial charge >= 0.3 is 0 Å². The highest BCUT2D eigenvalue weighted by molar-refractivity contribution is 6.32. The quantitative estimate of drug-likeness (QED) is 0.841. The van der Waals surface area contributed by atoms with Gasteiger partial charge in [-0.3, -0.25) is 4.40 Å². The van der Waals surface area contributed by atoms with Gasteiger partial charge in [0, 0.05) is 20.3 Å². The van der Waals surface area contributed by atoms with Crippen LogP contribution < -0.4 is 10.6 Å². The Morgan fingerprint density at radius 3 is 2.80 bits per heavy atom. The average Bonchev–Trinajstić information content (AvgIpc) is 2.55. The van der Waals surface area contributed by atoms with Crippen molar-refractivity contribution in [3.05, 3.63) is 29.3 Å². The van der Waals surface area contributed by atoms with Gasteiger partial charge in [0.05, 0.1) is 17.7 Å². The summed E-state index contributed by atoms with van der Waals surface area (Å²) < 4.78 is 1.93. The number of aromatic nitrogens is 2. The van der Waals surface area contributed by atoms with E-state index in [1.807, 2.05) is 41.7 Å². The van der Waals surface area contributed by atoms with E-state index in [1.54, 1.807) is 0 Å². The van der Waals surface area contributed by atoms with Crippen LogP contribution in [0.4, 0.5) is 5.69 Å². The first-order valence-electron chi connectivity index (χ1n) is 4.67. The number of anilines is 1. The molecule has 4 nitrogen and oxygen atoms in total. The molecule has 80 valence electrons. The predicted molar refractivity (Wildman–Crippen MR) is 62.4 cm³/mol.